The van der Waals surface area contributed by atoms with Crippen LogP contribution in [0, 0.1) is 12.8 Å². The van der Waals surface area contributed by atoms with Gasteiger partial charge in [0.1, 0.15) is 28.4 Å². The van der Waals surface area contributed by atoms with Crippen molar-refractivity contribution in [3.63, 3.8) is 0 Å². The Hall–Kier alpha value is -3.72. The lowest BCUT2D eigenvalue weighted by atomic mass is 9.94. The molecule has 1 N–H and O–H groups in total. The molecule has 3 heterocycles. The summed E-state index contributed by atoms with van der Waals surface area (Å²) in [5.74, 6) is 0.119. The minimum atomic E-state index is -0.885. The molecule has 37 heavy (non-hydrogen) atoms. The first kappa shape index (κ1) is 25.0. The average Bonchev–Trinajstić information content (AvgIpc) is 3.53. The molecule has 5 rings (SSSR count). The van der Waals surface area contributed by atoms with E-state index in [0.29, 0.717) is 46.0 Å². The fourth-order valence-electron chi connectivity index (χ4n) is 4.64. The number of anilines is 1. The summed E-state index contributed by atoms with van der Waals surface area (Å²) < 4.78 is 11.7. The Morgan fingerprint density at radius 2 is 2.03 bits per heavy atom. The maximum absolute atomic E-state index is 13.4. The van der Waals surface area contributed by atoms with Crippen molar-refractivity contribution in [2.24, 2.45) is 5.92 Å². The van der Waals surface area contributed by atoms with Crippen LogP contribution >= 0.6 is 11.3 Å². The number of rotatable bonds is 7. The molecule has 2 aromatic carbocycles. The van der Waals surface area contributed by atoms with Gasteiger partial charge in [0.2, 0.25) is 5.13 Å². The van der Waals surface area contributed by atoms with Crippen LogP contribution in [0.1, 0.15) is 54.9 Å². The zero-order valence-corrected chi connectivity index (χ0v) is 22.0. The number of aryl methyl sites for hydroxylation is 1. The maximum atomic E-state index is 13.4. The maximum Gasteiger partial charge on any atom is 0.301 e. The van der Waals surface area contributed by atoms with Crippen molar-refractivity contribution in [2.45, 2.75) is 52.7 Å². The summed E-state index contributed by atoms with van der Waals surface area (Å²) in [5.41, 5.74) is 2.04. The summed E-state index contributed by atoms with van der Waals surface area (Å²) in [6.45, 7) is 8.56. The summed E-state index contributed by atoms with van der Waals surface area (Å²) >= 11 is 1.22. The van der Waals surface area contributed by atoms with E-state index in [-0.39, 0.29) is 17.4 Å². The zero-order valence-electron chi connectivity index (χ0n) is 21.2. The number of aromatic nitrogens is 2. The Bertz CT molecular complexity index is 1400. The fourth-order valence-corrected chi connectivity index (χ4v) is 5.35. The molecule has 0 bridgehead atoms. The van der Waals surface area contributed by atoms with Crippen LogP contribution in [0.25, 0.3) is 5.76 Å². The molecule has 0 radical (unpaired) electrons. The van der Waals surface area contributed by atoms with Crippen LogP contribution in [0.3, 0.4) is 0 Å². The summed E-state index contributed by atoms with van der Waals surface area (Å²) in [6, 6.07) is 11.7. The van der Waals surface area contributed by atoms with Gasteiger partial charge in [-0.15, -0.1) is 10.2 Å². The van der Waals surface area contributed by atoms with Crippen molar-refractivity contribution in [1.29, 1.82) is 0 Å². The molecule has 1 saturated heterocycles. The monoisotopic (exact) mass is 519 g/mol. The van der Waals surface area contributed by atoms with Crippen LogP contribution in [0.5, 0.6) is 11.5 Å². The molecular weight excluding hydrogens is 490 g/mol. The van der Waals surface area contributed by atoms with Gasteiger partial charge in [0, 0.05) is 12.0 Å². The largest absolute Gasteiger partial charge is 0.507 e. The SMILES string of the molecule is Cc1nnc(N2C(=O)C(=O)C(=C(O)c3ccc4c(c3)C[C@H](C)O4)[C@@H]2c2cccc(OCCC(C)C)c2)s1. The number of hydrogen-bond donors (Lipinski definition) is 1. The number of benzene rings is 2. The lowest BCUT2D eigenvalue weighted by molar-refractivity contribution is -0.132. The second kappa shape index (κ2) is 9.97. The Kier molecular flexibility index (Phi) is 6.72. The molecule has 2 aliphatic rings. The van der Waals surface area contributed by atoms with Crippen molar-refractivity contribution in [1.82, 2.24) is 10.2 Å². The van der Waals surface area contributed by atoms with Gasteiger partial charge in [-0.3, -0.25) is 14.5 Å². The van der Waals surface area contributed by atoms with Crippen LogP contribution in [0.4, 0.5) is 5.13 Å². The number of ketones is 1. The smallest absolute Gasteiger partial charge is 0.301 e. The molecule has 0 spiro atoms. The first-order valence-corrected chi connectivity index (χ1v) is 13.2. The Morgan fingerprint density at radius 1 is 1.22 bits per heavy atom. The minimum absolute atomic E-state index is 0.00379. The first-order valence-electron chi connectivity index (χ1n) is 12.4. The number of ether oxygens (including phenoxy) is 2. The van der Waals surface area contributed by atoms with Crippen molar-refractivity contribution in [3.8, 4) is 11.5 Å². The van der Waals surface area contributed by atoms with E-state index in [4.69, 9.17) is 9.47 Å². The summed E-state index contributed by atoms with van der Waals surface area (Å²) in [4.78, 5) is 28.1. The first-order chi connectivity index (χ1) is 17.7. The quantitative estimate of drug-likeness (QED) is 0.259. The van der Waals surface area contributed by atoms with Crippen molar-refractivity contribution in [3.05, 3.63) is 69.7 Å². The number of Topliss-reactive ketones (excluding diaryl/α,β-unsaturated/α-hetero) is 1. The topological polar surface area (TPSA) is 102 Å². The van der Waals surface area contributed by atoms with Gasteiger partial charge < -0.3 is 14.6 Å². The number of carbonyl (C=O) groups excluding carboxylic acids is 2. The van der Waals surface area contributed by atoms with Gasteiger partial charge >= 0.3 is 5.91 Å². The van der Waals surface area contributed by atoms with Crippen LogP contribution in [-0.2, 0) is 16.0 Å². The molecule has 0 saturated carbocycles. The molecule has 192 valence electrons. The van der Waals surface area contributed by atoms with E-state index in [2.05, 4.69) is 24.0 Å². The third-order valence-electron chi connectivity index (χ3n) is 6.47. The van der Waals surface area contributed by atoms with Gasteiger partial charge in [0.25, 0.3) is 5.78 Å². The number of nitrogens with zero attached hydrogens (tertiary/aromatic N) is 3. The van der Waals surface area contributed by atoms with E-state index < -0.39 is 17.7 Å². The van der Waals surface area contributed by atoms with E-state index in [1.165, 1.54) is 16.2 Å². The van der Waals surface area contributed by atoms with E-state index in [0.717, 1.165) is 17.7 Å². The number of carbonyl (C=O) groups is 2. The van der Waals surface area contributed by atoms with Crippen LogP contribution in [-0.4, -0.2) is 39.7 Å². The highest BCUT2D eigenvalue weighted by atomic mass is 32.1. The predicted molar refractivity (Wildman–Crippen MR) is 141 cm³/mol. The van der Waals surface area contributed by atoms with E-state index in [1.54, 1.807) is 19.1 Å². The Balaban J connectivity index is 1.61. The molecule has 1 amide bonds. The van der Waals surface area contributed by atoms with E-state index >= 15 is 0 Å². The van der Waals surface area contributed by atoms with Crippen LogP contribution in [0.2, 0.25) is 0 Å². The highest BCUT2D eigenvalue weighted by molar-refractivity contribution is 7.15. The second-order valence-electron chi connectivity index (χ2n) is 9.83. The molecule has 3 aromatic rings. The predicted octanol–water partition coefficient (Wildman–Crippen LogP) is 5.22. The fraction of sp³-hybridized carbons (Fsp3) is 0.357. The highest BCUT2D eigenvalue weighted by Gasteiger charge is 2.48. The highest BCUT2D eigenvalue weighted by Crippen LogP contribution is 2.44. The minimum Gasteiger partial charge on any atom is -0.507 e. The molecule has 0 aliphatic carbocycles. The lowest BCUT2D eigenvalue weighted by Gasteiger charge is -2.23. The van der Waals surface area contributed by atoms with E-state index in [9.17, 15) is 14.7 Å². The van der Waals surface area contributed by atoms with Gasteiger partial charge in [0.05, 0.1) is 18.2 Å². The van der Waals surface area contributed by atoms with Gasteiger partial charge in [-0.1, -0.05) is 37.3 Å². The van der Waals surface area contributed by atoms with Crippen molar-refractivity contribution in [2.75, 3.05) is 11.5 Å². The second-order valence-corrected chi connectivity index (χ2v) is 11.0. The van der Waals surface area contributed by atoms with Gasteiger partial charge in [-0.25, -0.2) is 0 Å². The van der Waals surface area contributed by atoms with E-state index in [1.807, 2.05) is 37.3 Å². The molecule has 8 nitrogen and oxygen atoms in total. The Morgan fingerprint density at radius 3 is 2.76 bits per heavy atom. The third kappa shape index (κ3) is 4.83. The van der Waals surface area contributed by atoms with Crippen LogP contribution in [0.15, 0.2) is 48.0 Å². The molecule has 2 aliphatic heterocycles. The normalized spacial score (nSPS) is 20.4. The Labute approximate surface area is 219 Å². The summed E-state index contributed by atoms with van der Waals surface area (Å²) in [6.07, 6.45) is 1.64. The number of amides is 1. The molecule has 0 unspecified atom stereocenters. The number of fused-ring (bicyclic) bond motifs is 1. The average molecular weight is 520 g/mol. The molecular formula is C28H29N3O5S. The summed E-state index contributed by atoms with van der Waals surface area (Å²) in [5, 5.41) is 20.6. The standard InChI is InChI=1S/C28H29N3O5S/c1-15(2)10-11-35-21-7-5-6-18(14-21)24-23(26(33)27(34)31(24)28-30-29-17(4)37-28)25(32)19-8-9-22-20(13-19)12-16(3)36-22/h5-9,13-16,24,32H,10-12H2,1-4H3/t16-,24-/m0/s1. The van der Waals surface area contributed by atoms with Crippen molar-refractivity contribution < 1.29 is 24.2 Å². The van der Waals surface area contributed by atoms with Crippen LogP contribution < -0.4 is 14.4 Å². The third-order valence-corrected chi connectivity index (χ3v) is 7.31. The molecule has 9 heteroatoms. The lowest BCUT2D eigenvalue weighted by Crippen LogP contribution is -2.29. The number of aliphatic hydroxyl groups is 1. The summed E-state index contributed by atoms with van der Waals surface area (Å²) in [7, 11) is 0. The zero-order chi connectivity index (χ0) is 26.3. The van der Waals surface area contributed by atoms with Gasteiger partial charge in [-0.2, -0.15) is 0 Å². The van der Waals surface area contributed by atoms with Crippen molar-refractivity contribution >= 4 is 33.9 Å². The van der Waals surface area contributed by atoms with Gasteiger partial charge in [-0.05, 0) is 67.6 Å². The van der Waals surface area contributed by atoms with Gasteiger partial charge in [0.15, 0.2) is 0 Å². The molecule has 1 fully saturated rings. The molecule has 1 aromatic heterocycles. The number of hydrogen-bond acceptors (Lipinski definition) is 8. The number of aliphatic hydroxyl groups excluding tert-OH is 1. The molecule has 2 atom stereocenters.